The van der Waals surface area contributed by atoms with Crippen LogP contribution in [-0.4, -0.2) is 17.3 Å². The van der Waals surface area contributed by atoms with Crippen molar-refractivity contribution in [2.45, 2.75) is 54.9 Å². The molecule has 1 aliphatic carbocycles. The van der Waals surface area contributed by atoms with E-state index in [0.717, 1.165) is 13.5 Å². The van der Waals surface area contributed by atoms with E-state index in [1.807, 2.05) is 6.08 Å². The molecule has 0 heterocycles. The van der Waals surface area contributed by atoms with Crippen LogP contribution < -0.4 is 0 Å². The van der Waals surface area contributed by atoms with Gasteiger partial charge in [-0.25, -0.2) is 0 Å². The van der Waals surface area contributed by atoms with Crippen LogP contribution in [0.15, 0.2) is 23.5 Å². The second-order valence-corrected chi connectivity index (χ2v) is 7.29. The zero-order valence-electron chi connectivity index (χ0n) is 13.3. The highest BCUT2D eigenvalue weighted by Crippen LogP contribution is 2.50. The van der Waals surface area contributed by atoms with Crippen LogP contribution in [-0.2, 0) is 0 Å². The van der Waals surface area contributed by atoms with Crippen LogP contribution in [0.25, 0.3) is 0 Å². The molecule has 106 valence electrons. The number of allylic oxidation sites excluding steroid dienone is 3. The van der Waals surface area contributed by atoms with E-state index >= 15 is 0 Å². The van der Waals surface area contributed by atoms with Crippen LogP contribution in [0.3, 0.4) is 0 Å². The van der Waals surface area contributed by atoms with Crippen molar-refractivity contribution < 1.29 is 10.2 Å². The summed E-state index contributed by atoms with van der Waals surface area (Å²) in [6.07, 6.45) is 5.00. The molecule has 0 radical (unpaired) electrons. The van der Waals surface area contributed by atoms with Gasteiger partial charge < -0.3 is 10.2 Å². The minimum atomic E-state index is 0.0430. The Kier molecular flexibility index (Phi) is 5.25. The number of hydrogen-bond acceptors (Lipinski definition) is 2. The largest absolute Gasteiger partial charge is 0.508 e. The van der Waals surface area contributed by atoms with Gasteiger partial charge in [-0.2, -0.15) is 0 Å². The van der Waals surface area contributed by atoms with Gasteiger partial charge in [-0.1, -0.05) is 54.5 Å². The summed E-state index contributed by atoms with van der Waals surface area (Å²) in [5, 5.41) is 17.0. The fourth-order valence-corrected chi connectivity index (χ4v) is 2.04. The Morgan fingerprint density at radius 2 is 1.50 bits per heavy atom. The quantitative estimate of drug-likeness (QED) is 0.670. The van der Waals surface area contributed by atoms with E-state index in [2.05, 4.69) is 54.5 Å². The van der Waals surface area contributed by atoms with Crippen molar-refractivity contribution in [1.29, 1.82) is 0 Å². The summed E-state index contributed by atoms with van der Waals surface area (Å²) in [5.74, 6) is 0.467. The standard InChI is InChI=1S/C15H26O.CH4O/c1-13(2,3)11-10-15(7,14(4,5)6)9-8-12(11)16;1-2/h8-9,16H,10H2,1-7H3;2H,1H3. The maximum Gasteiger partial charge on any atom is 0.115 e. The highest BCUT2D eigenvalue weighted by atomic mass is 16.3. The Balaban J connectivity index is 0.00000137. The molecule has 2 heteroatoms. The molecule has 0 bridgehead atoms. The summed E-state index contributed by atoms with van der Waals surface area (Å²) in [7, 11) is 1.00. The van der Waals surface area contributed by atoms with Gasteiger partial charge in [0.05, 0.1) is 0 Å². The third-order valence-corrected chi connectivity index (χ3v) is 4.08. The van der Waals surface area contributed by atoms with Crippen molar-refractivity contribution in [3.63, 3.8) is 0 Å². The molecule has 18 heavy (non-hydrogen) atoms. The molecule has 0 aliphatic heterocycles. The van der Waals surface area contributed by atoms with Crippen LogP contribution in [0.1, 0.15) is 54.9 Å². The lowest BCUT2D eigenvalue weighted by molar-refractivity contribution is 0.152. The van der Waals surface area contributed by atoms with Gasteiger partial charge in [-0.15, -0.1) is 0 Å². The van der Waals surface area contributed by atoms with Crippen LogP contribution in [0.5, 0.6) is 0 Å². The molecular formula is C16H30O2. The number of rotatable bonds is 0. The first-order valence-corrected chi connectivity index (χ1v) is 6.54. The van der Waals surface area contributed by atoms with Crippen molar-refractivity contribution in [3.8, 4) is 0 Å². The van der Waals surface area contributed by atoms with E-state index in [9.17, 15) is 5.11 Å². The first kappa shape index (κ1) is 17.2. The molecule has 0 aromatic rings. The van der Waals surface area contributed by atoms with E-state index in [1.54, 1.807) is 0 Å². The summed E-state index contributed by atoms with van der Waals surface area (Å²) in [6, 6.07) is 0. The third kappa shape index (κ3) is 3.61. The maximum absolute atomic E-state index is 10.00. The Labute approximate surface area is 112 Å². The van der Waals surface area contributed by atoms with Crippen molar-refractivity contribution in [3.05, 3.63) is 23.5 Å². The summed E-state index contributed by atoms with van der Waals surface area (Å²) >= 11 is 0. The van der Waals surface area contributed by atoms with E-state index in [-0.39, 0.29) is 16.2 Å². The molecule has 1 atom stereocenters. The summed E-state index contributed by atoms with van der Waals surface area (Å²) in [6.45, 7) is 15.6. The summed E-state index contributed by atoms with van der Waals surface area (Å²) in [5.41, 5.74) is 1.55. The predicted octanol–water partition coefficient (Wildman–Crippen LogP) is 4.47. The summed E-state index contributed by atoms with van der Waals surface area (Å²) < 4.78 is 0. The average Bonchev–Trinajstić information content (AvgIpc) is 2.22. The normalized spacial score (nSPS) is 24.7. The molecule has 0 aromatic heterocycles. The lowest BCUT2D eigenvalue weighted by Gasteiger charge is -2.44. The van der Waals surface area contributed by atoms with E-state index in [1.165, 1.54) is 5.57 Å². The van der Waals surface area contributed by atoms with Crippen LogP contribution >= 0.6 is 0 Å². The van der Waals surface area contributed by atoms with Gasteiger partial charge in [-0.05, 0) is 34.3 Å². The summed E-state index contributed by atoms with van der Waals surface area (Å²) in [4.78, 5) is 0. The van der Waals surface area contributed by atoms with Crippen molar-refractivity contribution >= 4 is 0 Å². The zero-order valence-corrected chi connectivity index (χ0v) is 13.3. The zero-order chi connectivity index (χ0) is 14.8. The van der Waals surface area contributed by atoms with E-state index in [4.69, 9.17) is 5.11 Å². The van der Waals surface area contributed by atoms with Crippen molar-refractivity contribution in [2.24, 2.45) is 16.2 Å². The van der Waals surface area contributed by atoms with Gasteiger partial charge in [0, 0.05) is 7.11 Å². The van der Waals surface area contributed by atoms with E-state index < -0.39 is 0 Å². The smallest absolute Gasteiger partial charge is 0.115 e. The van der Waals surface area contributed by atoms with Crippen molar-refractivity contribution in [1.82, 2.24) is 0 Å². The molecule has 2 N–H and O–H groups in total. The van der Waals surface area contributed by atoms with Crippen LogP contribution in [0, 0.1) is 16.2 Å². The fraction of sp³-hybridized carbons (Fsp3) is 0.750. The molecule has 0 saturated carbocycles. The number of aliphatic hydroxyl groups is 2. The van der Waals surface area contributed by atoms with Gasteiger partial charge in [0.1, 0.15) is 5.76 Å². The van der Waals surface area contributed by atoms with Crippen LogP contribution in [0.4, 0.5) is 0 Å². The molecule has 0 aromatic carbocycles. The minimum Gasteiger partial charge on any atom is -0.508 e. The SMILES string of the molecule is CC(C)(C)C1=C(O)C=CC(C)(C(C)(C)C)C1.CO. The highest BCUT2D eigenvalue weighted by molar-refractivity contribution is 5.32. The predicted molar refractivity (Wildman–Crippen MR) is 78.6 cm³/mol. The third-order valence-electron chi connectivity index (χ3n) is 4.08. The van der Waals surface area contributed by atoms with Crippen molar-refractivity contribution in [2.75, 3.05) is 7.11 Å². The molecule has 1 aliphatic rings. The minimum absolute atomic E-state index is 0.0430. The average molecular weight is 254 g/mol. The molecule has 2 nitrogen and oxygen atoms in total. The Bertz CT molecular complexity index is 337. The first-order valence-electron chi connectivity index (χ1n) is 6.54. The van der Waals surface area contributed by atoms with Gasteiger partial charge in [0.25, 0.3) is 0 Å². The topological polar surface area (TPSA) is 40.5 Å². The fourth-order valence-electron chi connectivity index (χ4n) is 2.04. The molecule has 0 spiro atoms. The van der Waals surface area contributed by atoms with E-state index in [0.29, 0.717) is 5.76 Å². The molecule has 0 amide bonds. The lowest BCUT2D eigenvalue weighted by Crippen LogP contribution is -2.35. The van der Waals surface area contributed by atoms with Gasteiger partial charge >= 0.3 is 0 Å². The van der Waals surface area contributed by atoms with Crippen LogP contribution in [0.2, 0.25) is 0 Å². The second kappa shape index (κ2) is 5.48. The Morgan fingerprint density at radius 3 is 1.83 bits per heavy atom. The van der Waals surface area contributed by atoms with Gasteiger partial charge in [0.2, 0.25) is 0 Å². The highest BCUT2D eigenvalue weighted by Gasteiger charge is 2.40. The molecular weight excluding hydrogens is 224 g/mol. The number of aliphatic hydroxyl groups excluding tert-OH is 2. The Hall–Kier alpha value is -0.760. The maximum atomic E-state index is 10.00. The lowest BCUT2D eigenvalue weighted by atomic mass is 9.60. The first-order chi connectivity index (χ1) is 7.97. The molecule has 1 rings (SSSR count). The Morgan fingerprint density at radius 1 is 1.06 bits per heavy atom. The second-order valence-electron chi connectivity index (χ2n) is 7.29. The molecule has 0 saturated heterocycles. The van der Waals surface area contributed by atoms with Gasteiger partial charge in [0.15, 0.2) is 0 Å². The monoisotopic (exact) mass is 254 g/mol. The molecule has 0 fully saturated rings. The number of hydrogen-bond donors (Lipinski definition) is 2. The molecule has 1 unspecified atom stereocenters. The van der Waals surface area contributed by atoms with Gasteiger partial charge in [-0.3, -0.25) is 0 Å².